The first-order valence-electron chi connectivity index (χ1n) is 12.3. The largest absolute Gasteiger partial charge is 2.00 e. The zero-order valence-corrected chi connectivity index (χ0v) is 26.2. The second-order valence-electron chi connectivity index (χ2n) is 9.82. The summed E-state index contributed by atoms with van der Waals surface area (Å²) in [6.45, 7) is 6.67. The van der Waals surface area contributed by atoms with Gasteiger partial charge in [0.1, 0.15) is 0 Å². The molecule has 0 aromatic heterocycles. The first-order valence-corrected chi connectivity index (χ1v) is 12.3. The molecule has 3 heteroatoms. The minimum atomic E-state index is 0. The minimum Gasteiger partial charge on any atom is -1.00 e. The summed E-state index contributed by atoms with van der Waals surface area (Å²) in [6.07, 6.45) is 11.7. The minimum absolute atomic E-state index is 0. The van der Waals surface area contributed by atoms with Crippen molar-refractivity contribution >= 4 is 0 Å². The number of benzene rings is 4. The van der Waals surface area contributed by atoms with Crippen molar-refractivity contribution in [3.05, 3.63) is 162 Å². The SMILES string of the molecule is CC(C)(C)C1=CC[C-]=C1.[Cl-].[Cl-].[Zr+2].[c-]1cccc2c1Cc1ccccc1-2.c1ccc([CH-]c2ccccc2)cc1. The fourth-order valence-corrected chi connectivity index (χ4v) is 4.21. The molecule has 0 saturated carbocycles. The van der Waals surface area contributed by atoms with E-state index in [0.717, 1.165) is 12.8 Å². The normalized spacial score (nSPS) is 11.8. The van der Waals surface area contributed by atoms with Crippen LogP contribution in [0.2, 0.25) is 0 Å². The van der Waals surface area contributed by atoms with E-state index in [9.17, 15) is 0 Å². The molecule has 4 aromatic carbocycles. The van der Waals surface area contributed by atoms with Crippen LogP contribution in [0.5, 0.6) is 0 Å². The van der Waals surface area contributed by atoms with Crippen LogP contribution in [0.4, 0.5) is 0 Å². The summed E-state index contributed by atoms with van der Waals surface area (Å²) in [5.41, 5.74) is 9.74. The van der Waals surface area contributed by atoms with Gasteiger partial charge in [-0.05, 0) is 6.42 Å². The fourth-order valence-electron chi connectivity index (χ4n) is 4.21. The van der Waals surface area contributed by atoms with Crippen LogP contribution in [0.1, 0.15) is 49.4 Å². The molecule has 38 heavy (non-hydrogen) atoms. The van der Waals surface area contributed by atoms with Crippen LogP contribution < -0.4 is 24.8 Å². The van der Waals surface area contributed by atoms with Crippen molar-refractivity contribution in [3.63, 3.8) is 0 Å². The number of allylic oxidation sites excluding steroid dienone is 4. The predicted molar refractivity (Wildman–Crippen MR) is 149 cm³/mol. The molecule has 0 saturated heterocycles. The topological polar surface area (TPSA) is 0 Å². The van der Waals surface area contributed by atoms with Gasteiger partial charge >= 0.3 is 26.2 Å². The summed E-state index contributed by atoms with van der Waals surface area (Å²) in [7, 11) is 0. The predicted octanol–water partition coefficient (Wildman–Crippen LogP) is 3.07. The van der Waals surface area contributed by atoms with Gasteiger partial charge in [-0.2, -0.15) is 41.5 Å². The van der Waals surface area contributed by atoms with Gasteiger partial charge in [0.2, 0.25) is 0 Å². The van der Waals surface area contributed by atoms with E-state index in [2.05, 4.69) is 136 Å². The second-order valence-corrected chi connectivity index (χ2v) is 9.82. The Labute approximate surface area is 261 Å². The zero-order chi connectivity index (χ0) is 24.5. The van der Waals surface area contributed by atoms with Gasteiger partial charge in [0.15, 0.2) is 0 Å². The maximum absolute atomic E-state index is 3.30. The maximum Gasteiger partial charge on any atom is 2.00 e. The molecule has 0 nitrogen and oxygen atoms in total. The Morgan fingerprint density at radius 3 is 1.76 bits per heavy atom. The van der Waals surface area contributed by atoms with E-state index in [1.54, 1.807) is 0 Å². The van der Waals surface area contributed by atoms with E-state index in [1.165, 1.54) is 39.0 Å². The van der Waals surface area contributed by atoms with E-state index in [1.807, 2.05) is 18.2 Å². The van der Waals surface area contributed by atoms with Crippen LogP contribution >= 0.6 is 0 Å². The van der Waals surface area contributed by atoms with Crippen molar-refractivity contribution < 1.29 is 51.0 Å². The summed E-state index contributed by atoms with van der Waals surface area (Å²) < 4.78 is 0. The average molecular weight is 616 g/mol. The summed E-state index contributed by atoms with van der Waals surface area (Å²) in [4.78, 5) is 0. The summed E-state index contributed by atoms with van der Waals surface area (Å²) >= 11 is 0. The maximum atomic E-state index is 3.30. The quantitative estimate of drug-likeness (QED) is 0.268. The van der Waals surface area contributed by atoms with E-state index in [0.29, 0.717) is 5.41 Å². The number of halogens is 2. The van der Waals surface area contributed by atoms with Crippen LogP contribution in [0.3, 0.4) is 0 Å². The molecule has 2 aliphatic carbocycles. The fraction of sp³-hybridized carbons (Fsp3) is 0.171. The van der Waals surface area contributed by atoms with Crippen LogP contribution in [-0.4, -0.2) is 0 Å². The number of fused-ring (bicyclic) bond motifs is 3. The molecule has 0 fully saturated rings. The molecule has 6 rings (SSSR count). The molecule has 4 aromatic rings. The molecule has 0 amide bonds. The van der Waals surface area contributed by atoms with Gasteiger partial charge in [-0.15, -0.1) is 53.8 Å². The van der Waals surface area contributed by atoms with Crippen LogP contribution in [-0.2, 0) is 32.6 Å². The van der Waals surface area contributed by atoms with Gasteiger partial charge < -0.3 is 24.8 Å². The van der Waals surface area contributed by atoms with Crippen molar-refractivity contribution in [1.29, 1.82) is 0 Å². The number of rotatable bonds is 2. The first-order chi connectivity index (χ1) is 17.0. The molecule has 0 spiro atoms. The standard InChI is InChI=1S/C13H9.C13H11.C9H13.2ClH.Zr/c1-3-7-12-10(5-1)9-11-6-2-4-8-13(11)12;1-3-7-12(8-4-1)11-13-9-5-2-6-10-13;1-9(2,3)8-6-4-5-7-8;;;/h1-5,7-8H,9H2;1-11H;6-7H,4H2,1-3H3;2*1H;/q3*-1;;;+2/p-2. The number of hydrogen-bond acceptors (Lipinski definition) is 0. The molecule has 0 N–H and O–H groups in total. The second kappa shape index (κ2) is 16.6. The molecule has 194 valence electrons. The van der Waals surface area contributed by atoms with Crippen LogP contribution in [0, 0.1) is 24.0 Å². The summed E-state index contributed by atoms with van der Waals surface area (Å²) in [6, 6.07) is 38.8. The average Bonchev–Trinajstić information content (AvgIpc) is 3.55. The van der Waals surface area contributed by atoms with Crippen LogP contribution in [0.15, 0.2) is 121 Å². The van der Waals surface area contributed by atoms with E-state index in [4.69, 9.17) is 0 Å². The Kier molecular flexibility index (Phi) is 14.7. The molecule has 0 radical (unpaired) electrons. The molecular formula is C35H33Cl2Zr-3. The van der Waals surface area contributed by atoms with Crippen molar-refractivity contribution in [2.24, 2.45) is 5.41 Å². The Morgan fingerprint density at radius 2 is 1.24 bits per heavy atom. The number of hydrogen-bond donors (Lipinski definition) is 0. The van der Waals surface area contributed by atoms with Gasteiger partial charge in [0, 0.05) is 0 Å². The van der Waals surface area contributed by atoms with E-state index >= 15 is 0 Å². The molecule has 0 unspecified atom stereocenters. The summed E-state index contributed by atoms with van der Waals surface area (Å²) in [5, 5.41) is 0. The first kappa shape index (κ1) is 33.7. The molecule has 0 bridgehead atoms. The zero-order valence-electron chi connectivity index (χ0n) is 22.2. The molecular weight excluding hydrogens is 583 g/mol. The van der Waals surface area contributed by atoms with Crippen molar-refractivity contribution in [2.75, 3.05) is 0 Å². The van der Waals surface area contributed by atoms with E-state index < -0.39 is 0 Å². The Bertz CT molecular complexity index is 1210. The Hall–Kier alpha value is -2.31. The van der Waals surface area contributed by atoms with E-state index in [-0.39, 0.29) is 51.0 Å². The Balaban J connectivity index is 0.000000279. The third kappa shape index (κ3) is 9.78. The monoisotopic (exact) mass is 613 g/mol. The smallest absolute Gasteiger partial charge is 1.00 e. The third-order valence-corrected chi connectivity index (χ3v) is 6.11. The van der Waals surface area contributed by atoms with Crippen molar-refractivity contribution in [1.82, 2.24) is 0 Å². The molecule has 0 heterocycles. The third-order valence-electron chi connectivity index (χ3n) is 6.11. The van der Waals surface area contributed by atoms with Gasteiger partial charge in [-0.3, -0.25) is 6.08 Å². The molecule has 0 atom stereocenters. The molecule has 2 aliphatic rings. The van der Waals surface area contributed by atoms with Crippen molar-refractivity contribution in [2.45, 2.75) is 33.6 Å². The summed E-state index contributed by atoms with van der Waals surface area (Å²) in [5.74, 6) is 0. The van der Waals surface area contributed by atoms with Gasteiger partial charge in [-0.1, -0.05) is 98.0 Å². The van der Waals surface area contributed by atoms with Crippen molar-refractivity contribution in [3.8, 4) is 11.1 Å². The van der Waals surface area contributed by atoms with Gasteiger partial charge in [0.25, 0.3) is 0 Å². The van der Waals surface area contributed by atoms with Crippen LogP contribution in [0.25, 0.3) is 11.1 Å². The van der Waals surface area contributed by atoms with Gasteiger partial charge in [-0.25, -0.2) is 6.08 Å². The Morgan fingerprint density at radius 1 is 0.684 bits per heavy atom. The van der Waals surface area contributed by atoms with Gasteiger partial charge in [0.05, 0.1) is 0 Å². The molecule has 0 aliphatic heterocycles.